The van der Waals surface area contributed by atoms with Crippen LogP contribution in [0.3, 0.4) is 0 Å². The number of hydrogen-bond acceptors (Lipinski definition) is 1. The van der Waals surface area contributed by atoms with E-state index in [4.69, 9.17) is 5.73 Å². The summed E-state index contributed by atoms with van der Waals surface area (Å²) in [6, 6.07) is 0. The highest BCUT2D eigenvalue weighted by atomic mass is 14.7. The number of hydrogen-bond donors (Lipinski definition) is 1. The van der Waals surface area contributed by atoms with Crippen molar-refractivity contribution in [3.63, 3.8) is 0 Å². The molecule has 0 aromatic rings. The fraction of sp³-hybridized carbons (Fsp3) is 1.00. The molecular weight excluding hydrogens is 242 g/mol. The van der Waals surface area contributed by atoms with E-state index < -0.39 is 0 Å². The molecular formula is C19H33N. The molecule has 0 saturated heterocycles. The smallest absolute Gasteiger partial charge is 0.00409 e. The van der Waals surface area contributed by atoms with E-state index in [0.717, 1.165) is 36.1 Å². The molecule has 5 fully saturated rings. The van der Waals surface area contributed by atoms with Crippen LogP contribution in [0, 0.1) is 35.0 Å². The molecule has 2 N–H and O–H groups in total. The van der Waals surface area contributed by atoms with Gasteiger partial charge in [-0.15, -0.1) is 0 Å². The van der Waals surface area contributed by atoms with Crippen molar-refractivity contribution in [3.8, 4) is 0 Å². The molecule has 114 valence electrons. The summed E-state index contributed by atoms with van der Waals surface area (Å²) in [4.78, 5) is 0. The molecule has 0 radical (unpaired) electrons. The van der Waals surface area contributed by atoms with Gasteiger partial charge in [-0.3, -0.25) is 0 Å². The van der Waals surface area contributed by atoms with Crippen LogP contribution in [0.4, 0.5) is 0 Å². The van der Waals surface area contributed by atoms with E-state index in [1.807, 2.05) is 0 Å². The van der Waals surface area contributed by atoms with Gasteiger partial charge in [0.05, 0.1) is 0 Å². The highest BCUT2D eigenvalue weighted by Gasteiger charge is 2.54. The molecule has 1 heteroatoms. The lowest BCUT2D eigenvalue weighted by Crippen LogP contribution is -2.53. The van der Waals surface area contributed by atoms with Gasteiger partial charge in [0.2, 0.25) is 0 Å². The van der Waals surface area contributed by atoms with E-state index in [1.165, 1.54) is 38.5 Å². The molecule has 0 aromatic heterocycles. The van der Waals surface area contributed by atoms with Gasteiger partial charge in [-0.2, -0.15) is 0 Å². The first kappa shape index (κ1) is 13.6. The van der Waals surface area contributed by atoms with Crippen LogP contribution in [-0.4, -0.2) is 6.54 Å². The quantitative estimate of drug-likeness (QED) is 0.739. The van der Waals surface area contributed by atoms with Crippen molar-refractivity contribution >= 4 is 0 Å². The van der Waals surface area contributed by atoms with Crippen LogP contribution < -0.4 is 5.73 Å². The maximum Gasteiger partial charge on any atom is -0.00409 e. The van der Waals surface area contributed by atoms with Gasteiger partial charge in [0.1, 0.15) is 0 Å². The topological polar surface area (TPSA) is 26.0 Å². The lowest BCUT2D eigenvalue weighted by molar-refractivity contribution is -0.100. The SMILES string of the molecule is NCC(C1CCCCCC1)C12CC3CC(CC(C3)C1)C2. The van der Waals surface area contributed by atoms with E-state index in [1.54, 1.807) is 38.5 Å². The van der Waals surface area contributed by atoms with Crippen molar-refractivity contribution in [1.29, 1.82) is 0 Å². The Balaban J connectivity index is 1.57. The molecule has 5 aliphatic carbocycles. The van der Waals surface area contributed by atoms with Gasteiger partial charge < -0.3 is 5.73 Å². The normalized spacial score (nSPS) is 46.4. The van der Waals surface area contributed by atoms with E-state index in [2.05, 4.69) is 0 Å². The predicted octanol–water partition coefficient (Wildman–Crippen LogP) is 4.75. The zero-order chi connectivity index (χ0) is 13.6. The van der Waals surface area contributed by atoms with Gasteiger partial charge in [-0.25, -0.2) is 0 Å². The molecule has 1 nitrogen and oxygen atoms in total. The minimum absolute atomic E-state index is 0.693. The van der Waals surface area contributed by atoms with Gasteiger partial charge in [-0.1, -0.05) is 38.5 Å². The number of nitrogens with two attached hydrogens (primary N) is 1. The van der Waals surface area contributed by atoms with E-state index in [0.29, 0.717) is 5.41 Å². The van der Waals surface area contributed by atoms with E-state index in [9.17, 15) is 0 Å². The third-order valence-electron chi connectivity index (χ3n) is 7.59. The summed E-state index contributed by atoms with van der Waals surface area (Å²) in [5.74, 6) is 5.09. The average Bonchev–Trinajstić information content (AvgIpc) is 2.66. The molecule has 0 heterocycles. The first-order valence-corrected chi connectivity index (χ1v) is 9.49. The maximum atomic E-state index is 6.38. The van der Waals surface area contributed by atoms with Crippen LogP contribution in [0.15, 0.2) is 0 Å². The van der Waals surface area contributed by atoms with Crippen molar-refractivity contribution in [1.82, 2.24) is 0 Å². The van der Waals surface area contributed by atoms with Crippen LogP contribution in [0.1, 0.15) is 77.0 Å². The van der Waals surface area contributed by atoms with Crippen molar-refractivity contribution in [3.05, 3.63) is 0 Å². The Bertz CT molecular complexity index is 304. The summed E-state index contributed by atoms with van der Waals surface area (Å²) in [6.07, 6.45) is 18.3. The van der Waals surface area contributed by atoms with Crippen LogP contribution >= 0.6 is 0 Å². The Kier molecular flexibility index (Phi) is 3.61. The monoisotopic (exact) mass is 275 g/mol. The molecule has 5 rings (SSSR count). The van der Waals surface area contributed by atoms with Crippen molar-refractivity contribution < 1.29 is 0 Å². The summed E-state index contributed by atoms with van der Waals surface area (Å²) in [7, 11) is 0. The summed E-state index contributed by atoms with van der Waals surface area (Å²) in [5, 5.41) is 0. The molecule has 0 aromatic carbocycles. The van der Waals surface area contributed by atoms with Crippen LogP contribution in [0.5, 0.6) is 0 Å². The third kappa shape index (κ3) is 2.25. The summed E-state index contributed by atoms with van der Waals surface area (Å²) < 4.78 is 0. The van der Waals surface area contributed by atoms with Crippen LogP contribution in [-0.2, 0) is 0 Å². The molecule has 4 bridgehead atoms. The molecule has 0 aliphatic heterocycles. The van der Waals surface area contributed by atoms with Gasteiger partial charge in [-0.05, 0) is 80.1 Å². The van der Waals surface area contributed by atoms with Gasteiger partial charge in [0.25, 0.3) is 0 Å². The first-order valence-electron chi connectivity index (χ1n) is 9.49. The second-order valence-corrected chi connectivity index (χ2v) is 8.87. The van der Waals surface area contributed by atoms with Crippen molar-refractivity contribution in [2.75, 3.05) is 6.54 Å². The minimum Gasteiger partial charge on any atom is -0.330 e. The van der Waals surface area contributed by atoms with Crippen molar-refractivity contribution in [2.24, 2.45) is 40.7 Å². The zero-order valence-corrected chi connectivity index (χ0v) is 13.2. The average molecular weight is 275 g/mol. The lowest BCUT2D eigenvalue weighted by atomic mass is 9.45. The number of rotatable bonds is 3. The molecule has 0 amide bonds. The third-order valence-corrected chi connectivity index (χ3v) is 7.59. The summed E-state index contributed by atoms with van der Waals surface area (Å²) in [6.45, 7) is 0.983. The second-order valence-electron chi connectivity index (χ2n) is 8.87. The van der Waals surface area contributed by atoms with Crippen molar-refractivity contribution in [2.45, 2.75) is 77.0 Å². The second kappa shape index (κ2) is 5.30. The largest absolute Gasteiger partial charge is 0.330 e. The van der Waals surface area contributed by atoms with Crippen LogP contribution in [0.2, 0.25) is 0 Å². The fourth-order valence-corrected chi connectivity index (χ4v) is 7.29. The molecule has 1 unspecified atom stereocenters. The zero-order valence-electron chi connectivity index (χ0n) is 13.2. The Hall–Kier alpha value is -0.0400. The van der Waals surface area contributed by atoms with Gasteiger partial charge in [0, 0.05) is 0 Å². The Labute approximate surface area is 125 Å². The molecule has 5 saturated carbocycles. The van der Waals surface area contributed by atoms with Crippen LogP contribution in [0.25, 0.3) is 0 Å². The summed E-state index contributed by atoms with van der Waals surface area (Å²) in [5.41, 5.74) is 7.07. The Morgan fingerprint density at radius 1 is 0.800 bits per heavy atom. The van der Waals surface area contributed by atoms with E-state index in [-0.39, 0.29) is 0 Å². The lowest BCUT2D eigenvalue weighted by Gasteiger charge is -2.60. The van der Waals surface area contributed by atoms with E-state index >= 15 is 0 Å². The molecule has 1 atom stereocenters. The molecule has 20 heavy (non-hydrogen) atoms. The molecule has 5 aliphatic rings. The highest BCUT2D eigenvalue weighted by molar-refractivity contribution is 5.05. The Morgan fingerprint density at radius 2 is 1.30 bits per heavy atom. The summed E-state index contributed by atoms with van der Waals surface area (Å²) >= 11 is 0. The minimum atomic E-state index is 0.693. The van der Waals surface area contributed by atoms with Gasteiger partial charge in [0.15, 0.2) is 0 Å². The highest BCUT2D eigenvalue weighted by Crippen LogP contribution is 2.64. The fourth-order valence-electron chi connectivity index (χ4n) is 7.29. The first-order chi connectivity index (χ1) is 9.79. The van der Waals surface area contributed by atoms with Gasteiger partial charge >= 0.3 is 0 Å². The standard InChI is InChI=1S/C19H33N/c20-13-18(17-5-3-1-2-4-6-17)19-10-14-7-15(11-19)9-16(8-14)12-19/h14-18H,1-13,20H2. The molecule has 0 spiro atoms. The maximum absolute atomic E-state index is 6.38. The Morgan fingerprint density at radius 3 is 1.75 bits per heavy atom. The predicted molar refractivity (Wildman–Crippen MR) is 84.3 cm³/mol.